The van der Waals surface area contributed by atoms with E-state index in [-0.39, 0.29) is 5.92 Å². The first-order chi connectivity index (χ1) is 22.7. The topological polar surface area (TPSA) is 12.4 Å². The number of nitrogens with zero attached hydrogens (tertiary/aromatic N) is 1. The van der Waals surface area contributed by atoms with Gasteiger partial charge in [0, 0.05) is 17.5 Å². The van der Waals surface area contributed by atoms with E-state index in [1.165, 1.54) is 5.57 Å². The second-order valence-electron chi connectivity index (χ2n) is 11.9. The third-order valence-electron chi connectivity index (χ3n) is 8.48. The number of fused-ring (bicyclic) bond motifs is 2. The van der Waals surface area contributed by atoms with Crippen molar-refractivity contribution in [1.29, 1.82) is 0 Å². The minimum Gasteiger partial charge on any atom is -0.261 e. The molecule has 0 aliphatic heterocycles. The standard InChI is InChI=1S/C46H47N/c1-10-13-20-34(6)36(8)31-47-37(9)45-41-21-14-16-23-43(41)46(44-24-17-15-22-42(44)45)39(12-3)30-38(11-2)40-25-18-19-32(4)26-27-33(5)28-29-35(40)7/h10-31,33H,3-4,7H2,1-2,5-6,8-9H3/b13-10-,19-18-,27-26-,29-28-,34-20+,36-31+,38-11+,39-30+,40-25+,47-37+. The monoisotopic (exact) mass is 613 g/mol. The fraction of sp³-hybridized carbons (Fsp3) is 0.152. The van der Waals surface area contributed by atoms with Crippen LogP contribution in [0.5, 0.6) is 0 Å². The Balaban J connectivity index is 1.95. The van der Waals surface area contributed by atoms with Gasteiger partial charge < -0.3 is 0 Å². The first kappa shape index (κ1) is 34.6. The highest BCUT2D eigenvalue weighted by Gasteiger charge is 2.18. The number of allylic oxidation sites excluding steroid dienone is 20. The minimum atomic E-state index is 0.269. The van der Waals surface area contributed by atoms with Crippen LogP contribution in [0.25, 0.3) is 27.1 Å². The van der Waals surface area contributed by atoms with E-state index in [9.17, 15) is 0 Å². The average Bonchev–Trinajstić information content (AvgIpc) is 3.11. The number of aliphatic imine (C=N–C) groups is 1. The molecule has 3 aromatic rings. The molecule has 0 spiro atoms. The lowest BCUT2D eigenvalue weighted by Crippen LogP contribution is -2.01. The molecule has 0 saturated carbocycles. The molecule has 0 N–H and O–H groups in total. The van der Waals surface area contributed by atoms with Crippen molar-refractivity contribution in [1.82, 2.24) is 0 Å². The van der Waals surface area contributed by atoms with Gasteiger partial charge in [0.2, 0.25) is 0 Å². The van der Waals surface area contributed by atoms with E-state index in [1.54, 1.807) is 0 Å². The van der Waals surface area contributed by atoms with Crippen molar-refractivity contribution in [3.63, 3.8) is 0 Å². The van der Waals surface area contributed by atoms with E-state index < -0.39 is 0 Å². The van der Waals surface area contributed by atoms with Crippen molar-refractivity contribution in [2.45, 2.75) is 41.5 Å². The van der Waals surface area contributed by atoms with Crippen LogP contribution in [0.4, 0.5) is 0 Å². The van der Waals surface area contributed by atoms with E-state index in [0.717, 1.165) is 71.8 Å². The quantitative estimate of drug-likeness (QED) is 0.136. The molecule has 236 valence electrons. The Kier molecular flexibility index (Phi) is 12.0. The largest absolute Gasteiger partial charge is 0.261 e. The van der Waals surface area contributed by atoms with Gasteiger partial charge in [-0.3, -0.25) is 4.99 Å². The van der Waals surface area contributed by atoms with E-state index in [0.29, 0.717) is 0 Å². The van der Waals surface area contributed by atoms with Gasteiger partial charge in [0.05, 0.1) is 0 Å². The molecule has 0 fully saturated rings. The molecule has 3 aromatic carbocycles. The summed E-state index contributed by atoms with van der Waals surface area (Å²) < 4.78 is 0. The SMILES string of the molecule is C=C\C(=C/C(=C\C)C1=C/C=C\C(=C)/C=C\C(C)/C=C\C\1=C)c1c2ccccc2c(/C(C)=N/C=C(C)/C(C)=C/C=C\C)c2ccccc12. The number of hydrogen-bond donors (Lipinski definition) is 0. The zero-order chi connectivity index (χ0) is 33.9. The summed E-state index contributed by atoms with van der Waals surface area (Å²) in [6, 6.07) is 17.3. The van der Waals surface area contributed by atoms with Crippen molar-refractivity contribution >= 4 is 32.8 Å². The lowest BCUT2D eigenvalue weighted by Gasteiger charge is -2.18. The molecule has 1 unspecified atom stereocenters. The predicted molar refractivity (Wildman–Crippen MR) is 211 cm³/mol. The lowest BCUT2D eigenvalue weighted by atomic mass is 9.85. The highest BCUT2D eigenvalue weighted by Crippen LogP contribution is 2.39. The Morgan fingerprint density at radius 2 is 1.36 bits per heavy atom. The van der Waals surface area contributed by atoms with Crippen LogP contribution in [0.15, 0.2) is 192 Å². The Morgan fingerprint density at radius 1 is 0.766 bits per heavy atom. The van der Waals surface area contributed by atoms with Crippen LogP contribution in [0.1, 0.15) is 52.7 Å². The third kappa shape index (κ3) is 8.31. The molecule has 0 bridgehead atoms. The van der Waals surface area contributed by atoms with Crippen LogP contribution in [-0.4, -0.2) is 5.71 Å². The summed E-state index contributed by atoms with van der Waals surface area (Å²) in [5.41, 5.74) is 10.7. The van der Waals surface area contributed by atoms with Crippen molar-refractivity contribution in [2.24, 2.45) is 10.9 Å². The second-order valence-corrected chi connectivity index (χ2v) is 11.9. The van der Waals surface area contributed by atoms with Crippen LogP contribution >= 0.6 is 0 Å². The molecule has 1 atom stereocenters. The molecule has 0 heterocycles. The average molecular weight is 614 g/mol. The summed E-state index contributed by atoms with van der Waals surface area (Å²) in [5, 5.41) is 4.64. The van der Waals surface area contributed by atoms with Crippen LogP contribution in [0, 0.1) is 5.92 Å². The number of benzene rings is 3. The maximum Gasteiger partial charge on any atom is 0.0457 e. The molecule has 1 nitrogen and oxygen atoms in total. The van der Waals surface area contributed by atoms with Gasteiger partial charge in [0.25, 0.3) is 0 Å². The molecular formula is C46H47N. The molecule has 1 aliphatic rings. The molecule has 0 amide bonds. The molecular weight excluding hydrogens is 567 g/mol. The Bertz CT molecular complexity index is 1960. The van der Waals surface area contributed by atoms with Crippen molar-refractivity contribution in [3.8, 4) is 0 Å². The predicted octanol–water partition coefficient (Wildman–Crippen LogP) is 13.1. The molecule has 1 aliphatic carbocycles. The van der Waals surface area contributed by atoms with E-state index in [1.807, 2.05) is 31.4 Å². The van der Waals surface area contributed by atoms with Gasteiger partial charge in [0.1, 0.15) is 0 Å². The molecule has 47 heavy (non-hydrogen) atoms. The van der Waals surface area contributed by atoms with E-state index >= 15 is 0 Å². The smallest absolute Gasteiger partial charge is 0.0457 e. The third-order valence-corrected chi connectivity index (χ3v) is 8.48. The lowest BCUT2D eigenvalue weighted by molar-refractivity contribution is 0.938. The van der Waals surface area contributed by atoms with Gasteiger partial charge in [0.15, 0.2) is 0 Å². The van der Waals surface area contributed by atoms with Gasteiger partial charge in [-0.1, -0.05) is 148 Å². The minimum absolute atomic E-state index is 0.269. The van der Waals surface area contributed by atoms with E-state index in [2.05, 4.69) is 164 Å². The summed E-state index contributed by atoms with van der Waals surface area (Å²) in [4.78, 5) is 5.00. The zero-order valence-electron chi connectivity index (χ0n) is 28.8. The van der Waals surface area contributed by atoms with E-state index in [4.69, 9.17) is 4.99 Å². The normalized spacial score (nSPS) is 20.7. The summed E-state index contributed by atoms with van der Waals surface area (Å²) in [7, 11) is 0. The van der Waals surface area contributed by atoms with Gasteiger partial charge in [-0.25, -0.2) is 0 Å². The van der Waals surface area contributed by atoms with Gasteiger partial charge >= 0.3 is 0 Å². The van der Waals surface area contributed by atoms with Gasteiger partial charge in [-0.05, 0) is 113 Å². The maximum absolute atomic E-state index is 5.00. The highest BCUT2D eigenvalue weighted by atomic mass is 14.7. The molecule has 0 radical (unpaired) electrons. The zero-order valence-corrected chi connectivity index (χ0v) is 28.8. The Morgan fingerprint density at radius 3 is 1.94 bits per heavy atom. The van der Waals surface area contributed by atoms with Crippen LogP contribution < -0.4 is 0 Å². The van der Waals surface area contributed by atoms with Crippen LogP contribution in [-0.2, 0) is 0 Å². The fourth-order valence-corrected chi connectivity index (χ4v) is 5.69. The number of hydrogen-bond acceptors (Lipinski definition) is 1. The molecule has 0 aromatic heterocycles. The summed E-state index contributed by atoms with van der Waals surface area (Å²) >= 11 is 0. The fourth-order valence-electron chi connectivity index (χ4n) is 5.69. The molecule has 1 heteroatoms. The summed E-state index contributed by atoms with van der Waals surface area (Å²) in [6.07, 6.45) is 29.3. The molecule has 0 saturated heterocycles. The van der Waals surface area contributed by atoms with Crippen molar-refractivity contribution in [3.05, 3.63) is 198 Å². The highest BCUT2D eigenvalue weighted by molar-refractivity contribution is 6.24. The van der Waals surface area contributed by atoms with Crippen molar-refractivity contribution < 1.29 is 0 Å². The van der Waals surface area contributed by atoms with Crippen LogP contribution in [0.2, 0.25) is 0 Å². The van der Waals surface area contributed by atoms with Gasteiger partial charge in [-0.15, -0.1) is 0 Å². The number of rotatable bonds is 8. The van der Waals surface area contributed by atoms with Gasteiger partial charge in [-0.2, -0.15) is 0 Å². The van der Waals surface area contributed by atoms with Crippen LogP contribution in [0.3, 0.4) is 0 Å². The first-order valence-electron chi connectivity index (χ1n) is 16.3. The molecule has 4 rings (SSSR count). The Hall–Kier alpha value is -5.27. The first-order valence-corrected chi connectivity index (χ1v) is 16.3. The summed E-state index contributed by atoms with van der Waals surface area (Å²) in [5.74, 6) is 0.269. The Labute approximate surface area is 282 Å². The van der Waals surface area contributed by atoms with Crippen molar-refractivity contribution in [2.75, 3.05) is 0 Å². The summed E-state index contributed by atoms with van der Waals surface area (Å²) in [6.45, 7) is 25.5. The maximum atomic E-state index is 5.00. The second kappa shape index (κ2) is 16.3.